The normalized spacial score (nSPS) is 27.5. The lowest BCUT2D eigenvalue weighted by atomic mass is 9.74. The highest BCUT2D eigenvalue weighted by molar-refractivity contribution is 6.10. The van der Waals surface area contributed by atoms with Gasteiger partial charge in [-0.15, -0.1) is 0 Å². The molecule has 6 aliphatic rings. The quantitative estimate of drug-likeness (QED) is 0.0422. The number of amides is 1. The first kappa shape index (κ1) is 53.5. The van der Waals surface area contributed by atoms with Crippen molar-refractivity contribution in [2.24, 2.45) is 41.4 Å². The van der Waals surface area contributed by atoms with E-state index in [-0.39, 0.29) is 53.0 Å². The molecule has 0 bridgehead atoms. The summed E-state index contributed by atoms with van der Waals surface area (Å²) in [6.07, 6.45) is 21.0. The Morgan fingerprint density at radius 1 is 0.944 bits per heavy atom. The van der Waals surface area contributed by atoms with Crippen LogP contribution in [0.25, 0.3) is 5.57 Å². The average molecular weight is 986 g/mol. The van der Waals surface area contributed by atoms with Gasteiger partial charge in [0.1, 0.15) is 23.7 Å². The van der Waals surface area contributed by atoms with Crippen molar-refractivity contribution >= 4 is 52.8 Å². The standard InChI is InChI=1S/C61H81F2N5O4/c1-5-9-48(36-64)52-34-47-13-8-31-67(57(47)35-53(52)59(62)63)60(65)54-33-46(40(4)70)25-30-55(54)66-49-26-19-43(20-27-49)32-51(71)29-21-42-11-6-10-41(16-17-42)18-22-45-12-7-14-56-58(45)39(3)61(72)68(56)50(37-69)28-15-38(2)44-23-24-44/h7,9,12,14,34-39,41-44,46,49-50,54-55,59,64-66H,5-6,8,10-11,13,15-17,19-21,23-33H2,1-4H3/b48-9+,64-36?,65-60?. The van der Waals surface area contributed by atoms with Crippen LogP contribution in [0, 0.1) is 64.1 Å². The highest BCUT2D eigenvalue weighted by Crippen LogP contribution is 2.44. The van der Waals surface area contributed by atoms with Crippen LogP contribution in [0.4, 0.5) is 20.2 Å². The van der Waals surface area contributed by atoms with E-state index in [4.69, 9.17) is 5.41 Å². The molecule has 2 aromatic rings. The third-order valence-electron chi connectivity index (χ3n) is 17.9. The molecule has 4 aliphatic carbocycles. The summed E-state index contributed by atoms with van der Waals surface area (Å²) < 4.78 is 29.3. The molecule has 0 saturated heterocycles. The highest BCUT2D eigenvalue weighted by Gasteiger charge is 2.42. The van der Waals surface area contributed by atoms with E-state index in [9.17, 15) is 33.4 Å². The van der Waals surface area contributed by atoms with Crippen LogP contribution in [0.1, 0.15) is 203 Å². The molecule has 4 saturated carbocycles. The zero-order chi connectivity index (χ0) is 51.1. The van der Waals surface area contributed by atoms with Gasteiger partial charge in [0.2, 0.25) is 5.91 Å². The zero-order valence-electron chi connectivity index (χ0n) is 43.6. The van der Waals surface area contributed by atoms with Gasteiger partial charge in [-0.05, 0) is 194 Å². The highest BCUT2D eigenvalue weighted by atomic mass is 19.3. The van der Waals surface area contributed by atoms with Gasteiger partial charge in [-0.1, -0.05) is 50.7 Å². The van der Waals surface area contributed by atoms with Crippen LogP contribution >= 0.6 is 0 Å². The molecule has 11 heteroatoms. The fourth-order valence-electron chi connectivity index (χ4n) is 13.4. The summed E-state index contributed by atoms with van der Waals surface area (Å²) in [5.74, 6) is 9.80. The van der Waals surface area contributed by atoms with Gasteiger partial charge in [-0.25, -0.2) is 8.78 Å². The molecular formula is C61H81F2N5O4. The fourth-order valence-corrected chi connectivity index (χ4v) is 13.4. The average Bonchev–Trinajstić information content (AvgIpc) is 4.23. The number of allylic oxidation sites excluding steroid dienone is 2. The molecule has 9 nitrogen and oxygen atoms in total. The van der Waals surface area contributed by atoms with E-state index in [1.807, 2.05) is 49.1 Å². The fraction of sp³-hybridized carbons (Fsp3) is 0.639. The molecule has 8 atom stereocenters. The molecule has 1 amide bonds. The summed E-state index contributed by atoms with van der Waals surface area (Å²) >= 11 is 0. The van der Waals surface area contributed by atoms with E-state index in [0.717, 1.165) is 131 Å². The van der Waals surface area contributed by atoms with E-state index in [1.165, 1.54) is 12.8 Å². The Labute approximate surface area is 428 Å². The second-order valence-corrected chi connectivity index (χ2v) is 22.8. The maximum absolute atomic E-state index is 14.6. The Morgan fingerprint density at radius 3 is 2.43 bits per heavy atom. The first-order valence-electron chi connectivity index (χ1n) is 28.0. The van der Waals surface area contributed by atoms with Crippen LogP contribution < -0.4 is 15.1 Å². The molecule has 8 unspecified atom stereocenters. The number of amidine groups is 1. The van der Waals surface area contributed by atoms with Crippen LogP contribution in [0.15, 0.2) is 36.4 Å². The monoisotopic (exact) mass is 986 g/mol. The third kappa shape index (κ3) is 12.6. The number of ketones is 2. The molecule has 0 aromatic heterocycles. The first-order valence-corrected chi connectivity index (χ1v) is 28.0. The van der Waals surface area contributed by atoms with Crippen LogP contribution in [-0.2, 0) is 25.6 Å². The number of Topliss-reactive ketones (excluding diaryl/α,β-unsaturated/α-hetero) is 2. The van der Waals surface area contributed by atoms with E-state index in [2.05, 4.69) is 24.1 Å². The van der Waals surface area contributed by atoms with Gasteiger partial charge in [-0.2, -0.15) is 0 Å². The van der Waals surface area contributed by atoms with Gasteiger partial charge in [-0.3, -0.25) is 19.8 Å². The Kier molecular flexibility index (Phi) is 18.2. The minimum Gasteiger partial charge on any atom is -0.330 e. The lowest BCUT2D eigenvalue weighted by Gasteiger charge is -2.43. The third-order valence-corrected chi connectivity index (χ3v) is 17.9. The minimum atomic E-state index is -2.72. The van der Waals surface area contributed by atoms with Crippen molar-refractivity contribution in [2.45, 2.75) is 199 Å². The smallest absolute Gasteiger partial charge is 0.264 e. The number of halogens is 2. The summed E-state index contributed by atoms with van der Waals surface area (Å²) in [6.45, 7) is 8.34. The van der Waals surface area contributed by atoms with Gasteiger partial charge in [0.25, 0.3) is 6.43 Å². The molecule has 388 valence electrons. The minimum absolute atomic E-state index is 0.00530. The van der Waals surface area contributed by atoms with E-state index in [0.29, 0.717) is 91.3 Å². The summed E-state index contributed by atoms with van der Waals surface area (Å²) in [7, 11) is 0. The lowest BCUT2D eigenvalue weighted by Crippen LogP contribution is -2.53. The number of alkyl halides is 2. The Morgan fingerprint density at radius 2 is 1.72 bits per heavy atom. The largest absolute Gasteiger partial charge is 0.330 e. The van der Waals surface area contributed by atoms with Crippen LogP contribution in [0.5, 0.6) is 0 Å². The van der Waals surface area contributed by atoms with Crippen LogP contribution in [0.3, 0.4) is 0 Å². The number of nitrogens with zero attached hydrogens (tertiary/aromatic N) is 2. The Hall–Kier alpha value is -4.82. The molecule has 0 radical (unpaired) electrons. The number of hydrogen-bond acceptors (Lipinski definition) is 7. The number of anilines is 2. The van der Waals surface area contributed by atoms with Gasteiger partial charge in [0.05, 0.1) is 12.0 Å². The number of nitrogens with one attached hydrogen (secondary N) is 3. The number of hydrogen-bond donors (Lipinski definition) is 3. The van der Waals surface area contributed by atoms with Crippen molar-refractivity contribution in [1.29, 1.82) is 10.8 Å². The van der Waals surface area contributed by atoms with Gasteiger partial charge in [0.15, 0.2) is 0 Å². The maximum atomic E-state index is 14.6. The number of carbonyl (C=O) groups is 4. The van der Waals surface area contributed by atoms with E-state index >= 15 is 0 Å². The molecule has 2 aliphatic heterocycles. The second kappa shape index (κ2) is 24.5. The summed E-state index contributed by atoms with van der Waals surface area (Å²) in [6, 6.07) is 9.14. The van der Waals surface area contributed by atoms with Crippen molar-refractivity contribution in [3.63, 3.8) is 0 Å². The number of carbonyl (C=O) groups excluding carboxylic acids is 4. The number of rotatable bonds is 19. The first-order chi connectivity index (χ1) is 34.8. The molecule has 4 fully saturated rings. The lowest BCUT2D eigenvalue weighted by molar-refractivity contribution is -0.122. The van der Waals surface area contributed by atoms with Crippen molar-refractivity contribution in [1.82, 2.24) is 5.32 Å². The molecule has 72 heavy (non-hydrogen) atoms. The van der Waals surface area contributed by atoms with Crippen molar-refractivity contribution < 1.29 is 28.0 Å². The van der Waals surface area contributed by atoms with Crippen molar-refractivity contribution in [3.8, 4) is 11.8 Å². The predicted molar refractivity (Wildman–Crippen MR) is 285 cm³/mol. The maximum Gasteiger partial charge on any atom is 0.264 e. The van der Waals surface area contributed by atoms with Gasteiger partial charge in [0, 0.05) is 83.5 Å². The Balaban J connectivity index is 0.810. The molecule has 2 aromatic carbocycles. The summed E-state index contributed by atoms with van der Waals surface area (Å²) in [5.41, 5.74) is 5.02. The van der Waals surface area contributed by atoms with Gasteiger partial charge < -0.3 is 25.3 Å². The van der Waals surface area contributed by atoms with Crippen LogP contribution in [-0.4, -0.2) is 60.5 Å². The van der Waals surface area contributed by atoms with Crippen molar-refractivity contribution in [2.75, 3.05) is 16.3 Å². The van der Waals surface area contributed by atoms with E-state index < -0.39 is 12.5 Å². The number of aldehydes is 1. The summed E-state index contributed by atoms with van der Waals surface area (Å²) in [4.78, 5) is 55.9. The van der Waals surface area contributed by atoms with Crippen molar-refractivity contribution in [3.05, 3.63) is 64.2 Å². The summed E-state index contributed by atoms with van der Waals surface area (Å²) in [5, 5.41) is 21.5. The number of fused-ring (bicyclic) bond motifs is 2. The van der Waals surface area contributed by atoms with E-state index in [1.54, 1.807) is 17.9 Å². The molecular weight excluding hydrogens is 905 g/mol. The zero-order valence-corrected chi connectivity index (χ0v) is 43.6. The number of aryl methyl sites for hydroxylation is 1. The van der Waals surface area contributed by atoms with Crippen LogP contribution in [0.2, 0.25) is 0 Å². The molecule has 2 heterocycles. The van der Waals surface area contributed by atoms with Gasteiger partial charge >= 0.3 is 0 Å². The molecule has 3 N–H and O–H groups in total. The topological polar surface area (TPSA) is 134 Å². The Bertz CT molecular complexity index is 2410. The number of benzene rings is 2. The SMILES string of the molecule is CC/C=C(\C=N)c1cc2c(cc1C(F)F)N(C(=N)C1CC(C(C)=O)CCC1NC1CCC(CC(=O)CCC3CCCC(C#Cc4cccc5c4C(C)C(=O)N5C(C=O)CCC(C)C4CC4)CC3)CC1)CCC2. The second-order valence-electron chi connectivity index (χ2n) is 22.8. The molecule has 8 rings (SSSR count). The predicted octanol–water partition coefficient (Wildman–Crippen LogP) is 13.2. The molecule has 0 spiro atoms.